The third-order valence-electron chi connectivity index (χ3n) is 5.60. The largest absolute Gasteiger partial charge is 4.00 e. The van der Waals surface area contributed by atoms with E-state index in [-0.39, 0.29) is 28.6 Å². The van der Waals surface area contributed by atoms with Crippen LogP contribution in [-0.4, -0.2) is 43.7 Å². The molecule has 0 radical (unpaired) electrons. The number of hydrogen-bond donors (Lipinski definition) is 1. The molecule has 1 N–H and O–H groups in total. The van der Waals surface area contributed by atoms with Crippen molar-refractivity contribution in [3.63, 3.8) is 0 Å². The molecule has 7 nitrogen and oxygen atoms in total. The Morgan fingerprint density at radius 3 is 1.44 bits per heavy atom. The summed E-state index contributed by atoms with van der Waals surface area (Å²) in [4.78, 5) is 17.7. The van der Waals surface area contributed by atoms with Crippen LogP contribution in [0.5, 0.6) is 11.5 Å². The van der Waals surface area contributed by atoms with Crippen LogP contribution >= 0.6 is 23.2 Å². The fourth-order valence-electron chi connectivity index (χ4n) is 3.85. The zero-order chi connectivity index (χ0) is 28.7. The van der Waals surface area contributed by atoms with E-state index in [9.17, 15) is 10.2 Å². The average molecular weight is 628 g/mol. The summed E-state index contributed by atoms with van der Waals surface area (Å²) >= 11 is 12.3. The van der Waals surface area contributed by atoms with Gasteiger partial charge in [0.15, 0.2) is 0 Å². The Morgan fingerprint density at radius 2 is 1.07 bits per heavy atom. The van der Waals surface area contributed by atoms with Gasteiger partial charge in [-0.25, -0.2) is 0 Å². The monoisotopic (exact) mass is 627 g/mol. The minimum atomic E-state index is -0.124. The van der Waals surface area contributed by atoms with Crippen LogP contribution in [0.1, 0.15) is 22.3 Å². The van der Waals surface area contributed by atoms with Crippen molar-refractivity contribution in [1.82, 2.24) is 5.32 Å². The molecule has 41 heavy (non-hydrogen) atoms. The van der Waals surface area contributed by atoms with Gasteiger partial charge in [0.25, 0.3) is 0 Å². The molecule has 0 fully saturated rings. The van der Waals surface area contributed by atoms with Gasteiger partial charge in [-0.05, 0) is 41.5 Å². The topological polar surface area (TPSA) is 122 Å². The maximum atomic E-state index is 12.5. The van der Waals surface area contributed by atoms with Gasteiger partial charge in [0.05, 0.1) is 24.5 Å². The maximum Gasteiger partial charge on any atom is 4.00 e. The summed E-state index contributed by atoms with van der Waals surface area (Å²) in [6.07, 6.45) is 0.500. The molecule has 10 heteroatoms. The van der Waals surface area contributed by atoms with E-state index in [1.54, 1.807) is 24.3 Å². The number of rotatable bonds is 10. The molecule has 0 unspecified atom stereocenters. The van der Waals surface area contributed by atoms with Crippen molar-refractivity contribution in [2.45, 2.75) is 0 Å². The normalized spacial score (nSPS) is 11.1. The smallest absolute Gasteiger partial charge is 0.872 e. The van der Waals surface area contributed by atoms with Crippen LogP contribution in [0.3, 0.4) is 0 Å². The summed E-state index contributed by atoms with van der Waals surface area (Å²) in [5.41, 5.74) is 3.89. The Labute approximate surface area is 259 Å². The Bertz CT molecular complexity index is 1390. The van der Waals surface area contributed by atoms with Crippen LogP contribution in [0.25, 0.3) is 5.41 Å². The summed E-state index contributed by atoms with van der Waals surface area (Å²) in [7, 11) is 0. The number of halogens is 2. The Balaban J connectivity index is 0.00000141. The molecule has 4 aromatic carbocycles. The van der Waals surface area contributed by atoms with E-state index < -0.39 is 0 Å². The summed E-state index contributed by atoms with van der Waals surface area (Å²) in [6, 6.07) is 28.6. The van der Waals surface area contributed by atoms with Gasteiger partial charge in [0.1, 0.15) is 0 Å². The summed E-state index contributed by atoms with van der Waals surface area (Å²) < 4.78 is 0. The van der Waals surface area contributed by atoms with Gasteiger partial charge in [-0.1, -0.05) is 107 Å². The standard InChI is InChI=1S/C30H27Cl2N3O2.CNO.Fe/c31-23-11-13-27(36)25(19-23)29(21-7-3-1-4-8-21)34-17-15-33-16-18-35-30(22-9-5-2-6-10-22)26-20-24(32)12-14-28(26)37;2-1-3;/h1-14,19-20,33,36-37H,15-18H2;;/q;-1;+4/p-2. The van der Waals surface area contributed by atoms with Crippen molar-refractivity contribution in [1.29, 1.82) is 0 Å². The van der Waals surface area contributed by atoms with Crippen molar-refractivity contribution in [2.75, 3.05) is 26.2 Å². The van der Waals surface area contributed by atoms with Gasteiger partial charge < -0.3 is 20.9 Å². The predicted molar refractivity (Wildman–Crippen MR) is 158 cm³/mol. The second-order valence-corrected chi connectivity index (χ2v) is 9.19. The summed E-state index contributed by atoms with van der Waals surface area (Å²) in [5, 5.41) is 36.1. The number of benzene rings is 4. The van der Waals surface area contributed by atoms with E-state index in [0.29, 0.717) is 64.9 Å². The molecule has 0 amide bonds. The number of nitrogens with one attached hydrogen (secondary N) is 1. The van der Waals surface area contributed by atoms with Crippen LogP contribution < -0.4 is 15.5 Å². The minimum Gasteiger partial charge on any atom is -0.872 e. The van der Waals surface area contributed by atoms with Crippen LogP contribution in [0.4, 0.5) is 0 Å². The third-order valence-corrected chi connectivity index (χ3v) is 6.08. The summed E-state index contributed by atoms with van der Waals surface area (Å²) in [6.45, 7) is 2.10. The quantitative estimate of drug-likeness (QED) is 0.115. The SMILES string of the molecule is [Fe+4].[N-]=C=O.[O-]c1ccc(Cl)cc1C(=NCCNCCN=C(c1ccccc1)c1cc(Cl)ccc1[O-])c1ccccc1. The minimum absolute atomic E-state index is 0. The molecule has 0 atom stereocenters. The zero-order valence-corrected chi connectivity index (χ0v) is 24.4. The van der Waals surface area contributed by atoms with Gasteiger partial charge in [-0.3, -0.25) is 14.8 Å². The second-order valence-electron chi connectivity index (χ2n) is 8.31. The third kappa shape index (κ3) is 10.3. The fraction of sp³-hybridized carbons (Fsp3) is 0.129. The van der Waals surface area contributed by atoms with Crippen molar-refractivity contribution in [2.24, 2.45) is 9.98 Å². The van der Waals surface area contributed by atoms with E-state index in [2.05, 4.69) is 5.32 Å². The van der Waals surface area contributed by atoms with E-state index in [0.717, 1.165) is 11.1 Å². The molecule has 4 aromatic rings. The van der Waals surface area contributed by atoms with Gasteiger partial charge >= 0.3 is 17.1 Å². The second kappa shape index (κ2) is 17.8. The Kier molecular flexibility index (Phi) is 14.6. The number of nitrogens with zero attached hydrogens (tertiary/aromatic N) is 3. The summed E-state index contributed by atoms with van der Waals surface area (Å²) in [5.74, 6) is -0.247. The van der Waals surface area contributed by atoms with E-state index >= 15 is 0 Å². The van der Waals surface area contributed by atoms with Crippen molar-refractivity contribution >= 4 is 40.7 Å². The molecule has 0 aliphatic heterocycles. The molecule has 0 aliphatic carbocycles. The van der Waals surface area contributed by atoms with Crippen LogP contribution in [0.15, 0.2) is 107 Å². The van der Waals surface area contributed by atoms with E-state index in [4.69, 9.17) is 43.4 Å². The van der Waals surface area contributed by atoms with Gasteiger partial charge in [0, 0.05) is 34.3 Å². The van der Waals surface area contributed by atoms with Crippen LogP contribution in [0.2, 0.25) is 10.0 Å². The molecule has 4 rings (SSSR count). The average Bonchev–Trinajstić information content (AvgIpc) is 2.97. The zero-order valence-electron chi connectivity index (χ0n) is 21.7. The molecule has 0 saturated heterocycles. The fourth-order valence-corrected chi connectivity index (χ4v) is 4.19. The van der Waals surface area contributed by atoms with Crippen LogP contribution in [-0.2, 0) is 21.9 Å². The Morgan fingerprint density at radius 1 is 0.707 bits per heavy atom. The first-order valence-corrected chi connectivity index (χ1v) is 13.1. The van der Waals surface area contributed by atoms with E-state index in [1.165, 1.54) is 12.1 Å². The molecular formula is C31H25Cl2FeN4O3+. The van der Waals surface area contributed by atoms with Crippen molar-refractivity contribution < 1.29 is 32.1 Å². The molecule has 0 spiro atoms. The molecule has 208 valence electrons. The van der Waals surface area contributed by atoms with Gasteiger partial charge in [-0.2, -0.15) is 0 Å². The number of carbonyl (C=O) groups excluding carboxylic acids is 1. The first kappa shape index (κ1) is 33.5. The molecule has 0 saturated carbocycles. The van der Waals surface area contributed by atoms with Crippen molar-refractivity contribution in [3.05, 3.63) is 135 Å². The van der Waals surface area contributed by atoms with Crippen molar-refractivity contribution in [3.8, 4) is 11.5 Å². The molecule has 0 heterocycles. The molecule has 0 aliphatic rings. The number of hydrogen-bond acceptors (Lipinski definition) is 6. The maximum absolute atomic E-state index is 12.5. The first-order valence-electron chi connectivity index (χ1n) is 12.3. The van der Waals surface area contributed by atoms with Gasteiger partial charge in [0.2, 0.25) is 0 Å². The first-order chi connectivity index (χ1) is 19.4. The van der Waals surface area contributed by atoms with E-state index in [1.807, 2.05) is 60.7 Å². The Hall–Kier alpha value is -3.74. The number of isocyanates is 1. The predicted octanol–water partition coefficient (Wildman–Crippen LogP) is 4.99. The van der Waals surface area contributed by atoms with Gasteiger partial charge in [-0.15, -0.1) is 0 Å². The molecule has 0 aromatic heterocycles. The van der Waals surface area contributed by atoms with Crippen LogP contribution in [0, 0.1) is 0 Å². The molecular weight excluding hydrogens is 603 g/mol. The number of aliphatic imine (C=N–C) groups is 2. The molecule has 0 bridgehead atoms.